The molecule has 0 unspecified atom stereocenters. The van der Waals surface area contributed by atoms with E-state index in [-0.39, 0.29) is 5.41 Å². The minimum absolute atomic E-state index is 0.305. The SMILES string of the molecule is CC1(C)c2ccccc2-c2cc3c4ccccc4n(-c4c(C#N)c(-n5c6ccccc6c6ccccc65)c(-n5c6ccccc6c6ccccc65)c(-n5c6ccccc6c6ccccc65)c4C#N)c3cc21. The minimum Gasteiger partial charge on any atom is -0.306 e. The Hall–Kier alpha value is -9.62. The number of rotatable bonds is 4. The van der Waals surface area contributed by atoms with Gasteiger partial charge in [-0.05, 0) is 76.9 Å². The van der Waals surface area contributed by atoms with E-state index in [1.807, 2.05) is 0 Å². The summed E-state index contributed by atoms with van der Waals surface area (Å²) in [7, 11) is 0. The third-order valence-electron chi connectivity index (χ3n) is 15.6. The molecule has 0 radical (unpaired) electrons. The number of fused-ring (bicyclic) bond motifs is 15. The first-order valence-corrected chi connectivity index (χ1v) is 24.2. The molecule has 15 rings (SSSR count). The zero-order valence-electron chi connectivity index (χ0n) is 38.8. The molecule has 6 nitrogen and oxygen atoms in total. The lowest BCUT2D eigenvalue weighted by molar-refractivity contribution is 0.661. The Morgan fingerprint density at radius 1 is 0.296 bits per heavy atom. The number of hydrogen-bond donors (Lipinski definition) is 0. The van der Waals surface area contributed by atoms with Crippen LogP contribution in [0.1, 0.15) is 36.1 Å². The largest absolute Gasteiger partial charge is 0.306 e. The van der Waals surface area contributed by atoms with Crippen molar-refractivity contribution in [1.82, 2.24) is 18.3 Å². The molecule has 4 aromatic heterocycles. The van der Waals surface area contributed by atoms with Gasteiger partial charge in [0.15, 0.2) is 0 Å². The number of nitriles is 2. The van der Waals surface area contributed by atoms with Crippen LogP contribution in [-0.4, -0.2) is 18.3 Å². The van der Waals surface area contributed by atoms with E-state index >= 15 is 0 Å². The standard InChI is InChI=1S/C65H40N6/c1-65(2)51-27-11-3-19-39(51)47-35-48-46-26-10-18-34-59(46)71(60(48)36-52(47)65)61-49(37-66)62(68-53-28-12-4-20-40(53)41-21-5-13-29-54(41)68)64(70-57-32-16-8-24-44(57)45-25-9-17-33-58(45)70)63(50(61)38-67)69-55-30-14-6-22-42(55)43-23-7-15-31-56(43)69/h3-36H,1-2H3. The average molecular weight is 905 g/mol. The van der Waals surface area contributed by atoms with Gasteiger partial charge >= 0.3 is 0 Å². The second-order valence-electron chi connectivity index (χ2n) is 19.4. The Bertz CT molecular complexity index is 4450. The molecule has 0 fully saturated rings. The summed E-state index contributed by atoms with van der Waals surface area (Å²) in [5.41, 5.74) is 15.6. The van der Waals surface area contributed by atoms with Gasteiger partial charge < -0.3 is 18.3 Å². The molecule has 0 saturated heterocycles. The van der Waals surface area contributed by atoms with Crippen LogP contribution in [-0.2, 0) is 5.41 Å². The van der Waals surface area contributed by atoms with Gasteiger partial charge in [0.05, 0.1) is 66.9 Å². The highest BCUT2D eigenvalue weighted by Gasteiger charge is 2.38. The lowest BCUT2D eigenvalue weighted by Crippen LogP contribution is -2.17. The van der Waals surface area contributed by atoms with Gasteiger partial charge in [-0.25, -0.2) is 0 Å². The normalized spacial score (nSPS) is 13.0. The lowest BCUT2D eigenvalue weighted by Gasteiger charge is -2.27. The van der Waals surface area contributed by atoms with E-state index in [1.165, 1.54) is 22.3 Å². The minimum atomic E-state index is -0.305. The third-order valence-corrected chi connectivity index (χ3v) is 15.6. The van der Waals surface area contributed by atoms with E-state index in [0.717, 1.165) is 92.9 Å². The van der Waals surface area contributed by atoms with E-state index in [1.54, 1.807) is 0 Å². The molecule has 0 spiro atoms. The van der Waals surface area contributed by atoms with Crippen LogP contribution in [0.5, 0.6) is 0 Å². The van der Waals surface area contributed by atoms with E-state index in [0.29, 0.717) is 28.2 Å². The smallest absolute Gasteiger partial charge is 0.104 e. The van der Waals surface area contributed by atoms with Crippen molar-refractivity contribution in [3.8, 4) is 46.0 Å². The van der Waals surface area contributed by atoms with Gasteiger partial charge in [-0.1, -0.05) is 166 Å². The van der Waals surface area contributed by atoms with E-state index < -0.39 is 0 Å². The molecule has 14 aromatic rings. The zero-order valence-corrected chi connectivity index (χ0v) is 38.8. The molecular weight excluding hydrogens is 865 g/mol. The van der Waals surface area contributed by atoms with Gasteiger partial charge in [0.1, 0.15) is 23.3 Å². The van der Waals surface area contributed by atoms with Gasteiger partial charge in [-0.15, -0.1) is 0 Å². The van der Waals surface area contributed by atoms with Crippen LogP contribution in [0.15, 0.2) is 206 Å². The number of para-hydroxylation sites is 7. The summed E-state index contributed by atoms with van der Waals surface area (Å²) >= 11 is 0. The zero-order chi connectivity index (χ0) is 47.3. The van der Waals surface area contributed by atoms with E-state index in [4.69, 9.17) is 0 Å². The highest BCUT2D eigenvalue weighted by atomic mass is 15.1. The van der Waals surface area contributed by atoms with Crippen LogP contribution in [0.4, 0.5) is 0 Å². The quantitative estimate of drug-likeness (QED) is 0.177. The summed E-state index contributed by atoms with van der Waals surface area (Å²) in [6, 6.07) is 78.7. The number of aromatic nitrogens is 4. The highest BCUT2D eigenvalue weighted by molar-refractivity contribution is 6.16. The topological polar surface area (TPSA) is 67.3 Å². The monoisotopic (exact) mass is 904 g/mol. The fourth-order valence-corrected chi connectivity index (χ4v) is 12.7. The van der Waals surface area contributed by atoms with Crippen molar-refractivity contribution in [3.63, 3.8) is 0 Å². The maximum absolute atomic E-state index is 12.5. The fourth-order valence-electron chi connectivity index (χ4n) is 12.7. The summed E-state index contributed by atoms with van der Waals surface area (Å²) in [4.78, 5) is 0. The molecule has 0 N–H and O–H groups in total. The van der Waals surface area contributed by atoms with Crippen LogP contribution < -0.4 is 0 Å². The fraction of sp³-hybridized carbons (Fsp3) is 0.0462. The van der Waals surface area contributed by atoms with Crippen molar-refractivity contribution in [1.29, 1.82) is 10.5 Å². The van der Waals surface area contributed by atoms with E-state index in [9.17, 15) is 10.5 Å². The highest BCUT2D eigenvalue weighted by Crippen LogP contribution is 2.53. The Balaban J connectivity index is 1.26. The maximum Gasteiger partial charge on any atom is 0.104 e. The molecule has 71 heavy (non-hydrogen) atoms. The number of hydrogen-bond acceptors (Lipinski definition) is 2. The lowest BCUT2D eigenvalue weighted by atomic mass is 9.82. The maximum atomic E-state index is 12.5. The number of nitrogens with zero attached hydrogens (tertiary/aromatic N) is 6. The van der Waals surface area contributed by atoms with Crippen molar-refractivity contribution in [2.45, 2.75) is 19.3 Å². The summed E-state index contributed by atoms with van der Waals surface area (Å²) in [6.45, 7) is 4.61. The third kappa shape index (κ3) is 5.02. The first kappa shape index (κ1) is 39.4. The molecular formula is C65H40N6. The molecule has 4 heterocycles. The molecule has 1 aliphatic carbocycles. The predicted molar refractivity (Wildman–Crippen MR) is 291 cm³/mol. The van der Waals surface area contributed by atoms with Crippen LogP contribution in [0.3, 0.4) is 0 Å². The second-order valence-corrected chi connectivity index (χ2v) is 19.4. The predicted octanol–water partition coefficient (Wildman–Crippen LogP) is 16.1. The second kappa shape index (κ2) is 14.2. The van der Waals surface area contributed by atoms with Gasteiger partial charge in [0.2, 0.25) is 0 Å². The first-order chi connectivity index (χ1) is 35.0. The van der Waals surface area contributed by atoms with Crippen LogP contribution in [0.25, 0.3) is 121 Å². The molecule has 0 aliphatic heterocycles. The molecule has 0 atom stereocenters. The molecule has 0 saturated carbocycles. The Kier molecular flexibility index (Phi) is 7.88. The summed E-state index contributed by atoms with van der Waals surface area (Å²) in [6.07, 6.45) is 0. The Morgan fingerprint density at radius 3 is 0.986 bits per heavy atom. The Labute approximate surface area is 407 Å². The molecule has 0 amide bonds. The van der Waals surface area contributed by atoms with E-state index in [2.05, 4.69) is 251 Å². The van der Waals surface area contributed by atoms with Crippen LogP contribution in [0.2, 0.25) is 0 Å². The van der Waals surface area contributed by atoms with Gasteiger partial charge in [0.25, 0.3) is 0 Å². The first-order valence-electron chi connectivity index (χ1n) is 24.2. The average Bonchev–Trinajstić information content (AvgIpc) is 4.19. The molecule has 10 aromatic carbocycles. The summed E-state index contributed by atoms with van der Waals surface area (Å²) in [5, 5.41) is 33.5. The van der Waals surface area contributed by atoms with Gasteiger partial charge in [0, 0.05) is 48.5 Å². The Morgan fingerprint density at radius 2 is 0.606 bits per heavy atom. The van der Waals surface area contributed by atoms with Crippen LogP contribution >= 0.6 is 0 Å². The molecule has 0 bridgehead atoms. The van der Waals surface area contributed by atoms with Crippen molar-refractivity contribution in [2.75, 3.05) is 0 Å². The van der Waals surface area contributed by atoms with Crippen molar-refractivity contribution in [3.05, 3.63) is 229 Å². The van der Waals surface area contributed by atoms with Crippen molar-refractivity contribution >= 4 is 87.2 Å². The van der Waals surface area contributed by atoms with Crippen molar-refractivity contribution in [2.24, 2.45) is 0 Å². The molecule has 6 heteroatoms. The number of benzene rings is 10. The summed E-state index contributed by atoms with van der Waals surface area (Å²) in [5.74, 6) is 0. The van der Waals surface area contributed by atoms with Crippen LogP contribution in [0, 0.1) is 22.7 Å². The molecule has 1 aliphatic rings. The van der Waals surface area contributed by atoms with Crippen molar-refractivity contribution < 1.29 is 0 Å². The summed E-state index contributed by atoms with van der Waals surface area (Å²) < 4.78 is 9.17. The van der Waals surface area contributed by atoms with Gasteiger partial charge in [-0.3, -0.25) is 0 Å². The van der Waals surface area contributed by atoms with Gasteiger partial charge in [-0.2, -0.15) is 10.5 Å². The molecule has 330 valence electrons.